The Hall–Kier alpha value is 0.270. The quantitative estimate of drug-likeness (QED) is 0.726. The van der Waals surface area contributed by atoms with Gasteiger partial charge in [-0.3, -0.25) is 0 Å². The summed E-state index contributed by atoms with van der Waals surface area (Å²) in [6, 6.07) is 0. The van der Waals surface area contributed by atoms with Crippen molar-refractivity contribution in [3.05, 3.63) is 0 Å². The molecule has 2 nitrogen and oxygen atoms in total. The smallest absolute Gasteiger partial charge is 0.0621 e. The fourth-order valence-corrected chi connectivity index (χ4v) is 2.81. The first kappa shape index (κ1) is 11.3. The van der Waals surface area contributed by atoms with Crippen molar-refractivity contribution in [1.29, 1.82) is 0 Å². The molecule has 78 valence electrons. The first-order valence-electron chi connectivity index (χ1n) is 5.12. The Balaban J connectivity index is 2.38. The minimum absolute atomic E-state index is 0.0210. The predicted molar refractivity (Wildman–Crippen MR) is 59.2 cm³/mol. The van der Waals surface area contributed by atoms with Crippen LogP contribution < -0.4 is 5.32 Å². The molecule has 13 heavy (non-hydrogen) atoms. The Morgan fingerprint density at radius 2 is 2.31 bits per heavy atom. The van der Waals surface area contributed by atoms with Crippen LogP contribution in [0.4, 0.5) is 0 Å². The molecule has 0 aromatic carbocycles. The van der Waals surface area contributed by atoms with Crippen LogP contribution in [-0.4, -0.2) is 35.3 Å². The van der Waals surface area contributed by atoms with Crippen molar-refractivity contribution in [2.75, 3.05) is 24.7 Å². The van der Waals surface area contributed by atoms with E-state index in [1.54, 1.807) is 0 Å². The van der Waals surface area contributed by atoms with Crippen LogP contribution in [0.5, 0.6) is 0 Å². The van der Waals surface area contributed by atoms with Crippen molar-refractivity contribution in [2.24, 2.45) is 5.92 Å². The van der Waals surface area contributed by atoms with Crippen molar-refractivity contribution in [3.8, 4) is 0 Å². The third-order valence-corrected chi connectivity index (χ3v) is 3.84. The molecular formula is C10H21NOS. The first-order valence-corrected chi connectivity index (χ1v) is 6.28. The zero-order valence-electron chi connectivity index (χ0n) is 8.68. The molecule has 1 rings (SSSR count). The van der Waals surface area contributed by atoms with Crippen LogP contribution in [0.2, 0.25) is 0 Å². The van der Waals surface area contributed by atoms with Crippen molar-refractivity contribution in [1.82, 2.24) is 5.32 Å². The lowest BCUT2D eigenvalue weighted by Crippen LogP contribution is -2.53. The lowest BCUT2D eigenvalue weighted by atomic mass is 9.95. The maximum atomic E-state index is 9.38. The van der Waals surface area contributed by atoms with Gasteiger partial charge in [-0.15, -0.1) is 0 Å². The molecule has 0 aliphatic carbocycles. The monoisotopic (exact) mass is 203 g/mol. The van der Waals surface area contributed by atoms with Gasteiger partial charge in [0.15, 0.2) is 0 Å². The summed E-state index contributed by atoms with van der Waals surface area (Å²) in [5.41, 5.74) is 0.0210. The highest BCUT2D eigenvalue weighted by molar-refractivity contribution is 7.99. The van der Waals surface area contributed by atoms with E-state index < -0.39 is 0 Å². The Morgan fingerprint density at radius 1 is 1.54 bits per heavy atom. The summed E-state index contributed by atoms with van der Waals surface area (Å²) in [4.78, 5) is 0. The molecule has 0 aromatic heterocycles. The molecule has 1 unspecified atom stereocenters. The minimum atomic E-state index is 0.0210. The molecule has 0 amide bonds. The van der Waals surface area contributed by atoms with E-state index in [9.17, 15) is 5.11 Å². The van der Waals surface area contributed by atoms with E-state index in [1.165, 1.54) is 12.2 Å². The number of nitrogens with one attached hydrogen (secondary N) is 1. The molecule has 0 saturated carbocycles. The Morgan fingerprint density at radius 3 is 2.77 bits per heavy atom. The Kier molecular flexibility index (Phi) is 4.56. The van der Waals surface area contributed by atoms with Gasteiger partial charge in [0.2, 0.25) is 0 Å². The number of rotatable bonds is 4. The second kappa shape index (κ2) is 5.23. The molecule has 2 N–H and O–H groups in total. The average molecular weight is 203 g/mol. The molecule has 0 aromatic rings. The van der Waals surface area contributed by atoms with E-state index in [1.807, 2.05) is 11.8 Å². The van der Waals surface area contributed by atoms with Crippen LogP contribution >= 0.6 is 11.8 Å². The maximum absolute atomic E-state index is 9.38. The van der Waals surface area contributed by atoms with E-state index in [4.69, 9.17) is 0 Å². The fourth-order valence-electron chi connectivity index (χ4n) is 1.59. The topological polar surface area (TPSA) is 32.3 Å². The summed E-state index contributed by atoms with van der Waals surface area (Å²) < 4.78 is 0. The molecule has 1 atom stereocenters. The van der Waals surface area contributed by atoms with Gasteiger partial charge in [0.1, 0.15) is 0 Å². The normalized spacial score (nSPS) is 29.5. The van der Waals surface area contributed by atoms with E-state index in [0.717, 1.165) is 18.7 Å². The third kappa shape index (κ3) is 3.49. The third-order valence-electron chi connectivity index (χ3n) is 2.51. The number of thioether (sulfide) groups is 1. The van der Waals surface area contributed by atoms with Crippen molar-refractivity contribution in [2.45, 2.75) is 32.2 Å². The van der Waals surface area contributed by atoms with Crippen LogP contribution in [0.3, 0.4) is 0 Å². The van der Waals surface area contributed by atoms with E-state index in [2.05, 4.69) is 19.2 Å². The zero-order chi connectivity index (χ0) is 9.73. The van der Waals surface area contributed by atoms with Crippen molar-refractivity contribution in [3.63, 3.8) is 0 Å². The Bertz CT molecular complexity index is 144. The van der Waals surface area contributed by atoms with Gasteiger partial charge in [-0.25, -0.2) is 0 Å². The van der Waals surface area contributed by atoms with Gasteiger partial charge in [0.05, 0.1) is 12.1 Å². The SMILES string of the molecule is CC(C)CNC1(CO)CCCSC1. The summed E-state index contributed by atoms with van der Waals surface area (Å²) in [6.45, 7) is 5.70. The van der Waals surface area contributed by atoms with Gasteiger partial charge in [0, 0.05) is 5.75 Å². The molecule has 1 saturated heterocycles. The highest BCUT2D eigenvalue weighted by atomic mass is 32.2. The lowest BCUT2D eigenvalue weighted by Gasteiger charge is -2.36. The van der Waals surface area contributed by atoms with Gasteiger partial charge in [0.25, 0.3) is 0 Å². The highest BCUT2D eigenvalue weighted by Crippen LogP contribution is 2.26. The van der Waals surface area contributed by atoms with Gasteiger partial charge in [-0.1, -0.05) is 13.8 Å². The van der Waals surface area contributed by atoms with Crippen LogP contribution in [0.15, 0.2) is 0 Å². The largest absolute Gasteiger partial charge is 0.394 e. The molecule has 1 heterocycles. The zero-order valence-corrected chi connectivity index (χ0v) is 9.49. The molecule has 3 heteroatoms. The van der Waals surface area contributed by atoms with E-state index in [-0.39, 0.29) is 12.1 Å². The van der Waals surface area contributed by atoms with Gasteiger partial charge >= 0.3 is 0 Å². The first-order chi connectivity index (χ1) is 6.18. The van der Waals surface area contributed by atoms with Gasteiger partial charge in [-0.05, 0) is 31.1 Å². The molecular weight excluding hydrogens is 182 g/mol. The van der Waals surface area contributed by atoms with E-state index in [0.29, 0.717) is 5.92 Å². The summed E-state index contributed by atoms with van der Waals surface area (Å²) in [7, 11) is 0. The Labute approximate surface area is 85.5 Å². The molecule has 0 radical (unpaired) electrons. The molecule has 1 fully saturated rings. The van der Waals surface area contributed by atoms with Crippen LogP contribution in [0.25, 0.3) is 0 Å². The van der Waals surface area contributed by atoms with Crippen LogP contribution in [0, 0.1) is 5.92 Å². The molecule has 0 bridgehead atoms. The van der Waals surface area contributed by atoms with Crippen molar-refractivity contribution < 1.29 is 5.11 Å². The number of aliphatic hydroxyl groups is 1. The second-order valence-corrected chi connectivity index (χ2v) is 5.47. The molecule has 1 aliphatic rings. The lowest BCUT2D eigenvalue weighted by molar-refractivity contribution is 0.162. The summed E-state index contributed by atoms with van der Waals surface area (Å²) in [6.07, 6.45) is 2.36. The number of hydrogen-bond donors (Lipinski definition) is 2. The summed E-state index contributed by atoms with van der Waals surface area (Å²) >= 11 is 1.96. The van der Waals surface area contributed by atoms with Crippen LogP contribution in [0.1, 0.15) is 26.7 Å². The maximum Gasteiger partial charge on any atom is 0.0621 e. The molecule has 1 aliphatic heterocycles. The van der Waals surface area contributed by atoms with Crippen molar-refractivity contribution >= 4 is 11.8 Å². The fraction of sp³-hybridized carbons (Fsp3) is 1.00. The predicted octanol–water partition coefficient (Wildman–Crippen LogP) is 1.49. The van der Waals surface area contributed by atoms with Crippen LogP contribution in [-0.2, 0) is 0 Å². The highest BCUT2D eigenvalue weighted by Gasteiger charge is 2.30. The van der Waals surface area contributed by atoms with Gasteiger partial charge in [-0.2, -0.15) is 11.8 Å². The average Bonchev–Trinajstić information content (AvgIpc) is 2.16. The van der Waals surface area contributed by atoms with E-state index >= 15 is 0 Å². The number of hydrogen-bond acceptors (Lipinski definition) is 3. The summed E-state index contributed by atoms with van der Waals surface area (Å²) in [5.74, 6) is 2.98. The summed E-state index contributed by atoms with van der Waals surface area (Å²) in [5, 5.41) is 12.9. The number of aliphatic hydroxyl groups excluding tert-OH is 1. The molecule has 0 spiro atoms. The minimum Gasteiger partial charge on any atom is -0.394 e. The van der Waals surface area contributed by atoms with Gasteiger partial charge < -0.3 is 10.4 Å². The second-order valence-electron chi connectivity index (χ2n) is 4.37. The standard InChI is InChI=1S/C10H21NOS/c1-9(2)6-11-10(7-12)4-3-5-13-8-10/h9,11-12H,3-8H2,1-2H3.